The van der Waals surface area contributed by atoms with E-state index in [4.69, 9.17) is 11.6 Å². The molecule has 0 bridgehead atoms. The number of rotatable bonds is 5. The average Bonchev–Trinajstić information content (AvgIpc) is 3.16. The van der Waals surface area contributed by atoms with E-state index >= 15 is 0 Å². The highest BCUT2D eigenvalue weighted by molar-refractivity contribution is 8.00. The maximum Gasteiger partial charge on any atom is 0.236 e. The molecule has 0 radical (unpaired) electrons. The van der Waals surface area contributed by atoms with Gasteiger partial charge in [0, 0.05) is 49.2 Å². The van der Waals surface area contributed by atoms with Gasteiger partial charge in [-0.2, -0.15) is 0 Å². The van der Waals surface area contributed by atoms with E-state index in [9.17, 15) is 9.59 Å². The normalized spacial score (nSPS) is 18.6. The zero-order valence-corrected chi connectivity index (χ0v) is 15.9. The quantitative estimate of drug-likeness (QED) is 0.733. The summed E-state index contributed by atoms with van der Waals surface area (Å²) in [6, 6.07) is 7.54. The molecule has 2 heterocycles. The number of hydrogen-bond donors (Lipinski definition) is 0. The van der Waals surface area contributed by atoms with Gasteiger partial charge < -0.3 is 9.80 Å². The van der Waals surface area contributed by atoms with Crippen LogP contribution in [-0.2, 0) is 9.59 Å². The predicted molar refractivity (Wildman–Crippen MR) is 101 cm³/mol. The number of piperazine rings is 1. The van der Waals surface area contributed by atoms with Crippen LogP contribution < -0.4 is 0 Å². The van der Waals surface area contributed by atoms with Crippen LogP contribution in [0, 0.1) is 0 Å². The Labute approximate surface area is 158 Å². The number of halogens is 1. The summed E-state index contributed by atoms with van der Waals surface area (Å²) in [5.41, 5.74) is 0. The third-order valence-corrected chi connectivity index (χ3v) is 5.97. The van der Waals surface area contributed by atoms with Crippen LogP contribution in [0.25, 0.3) is 0 Å². The van der Waals surface area contributed by atoms with Crippen molar-refractivity contribution in [2.45, 2.75) is 17.7 Å². The second-order valence-electron chi connectivity index (χ2n) is 6.49. The molecular weight excluding hydrogens is 358 g/mol. The molecular formula is C18H24ClN3O2S. The van der Waals surface area contributed by atoms with Crippen LogP contribution in [0.2, 0.25) is 5.02 Å². The first-order valence-electron chi connectivity index (χ1n) is 8.78. The molecule has 0 atom stereocenters. The van der Waals surface area contributed by atoms with Gasteiger partial charge >= 0.3 is 0 Å². The SMILES string of the molecule is O=C(CSc1ccc(Cl)cc1)N1CCN(CC(=O)N2CCCC2)CC1. The number of benzene rings is 1. The molecule has 2 amide bonds. The first-order valence-corrected chi connectivity index (χ1v) is 10.1. The minimum absolute atomic E-state index is 0.158. The number of thioether (sulfide) groups is 1. The molecule has 0 spiro atoms. The fraction of sp³-hybridized carbons (Fsp3) is 0.556. The van der Waals surface area contributed by atoms with Gasteiger partial charge in [-0.15, -0.1) is 11.8 Å². The summed E-state index contributed by atoms with van der Waals surface area (Å²) in [6.07, 6.45) is 2.25. The van der Waals surface area contributed by atoms with Gasteiger partial charge in [-0.1, -0.05) is 11.6 Å². The van der Waals surface area contributed by atoms with Crippen molar-refractivity contribution in [2.24, 2.45) is 0 Å². The van der Waals surface area contributed by atoms with Gasteiger partial charge in [0.25, 0.3) is 0 Å². The predicted octanol–water partition coefficient (Wildman–Crippen LogP) is 2.20. The largest absolute Gasteiger partial charge is 0.342 e. The Kier molecular flexibility index (Phi) is 6.62. The van der Waals surface area contributed by atoms with E-state index in [2.05, 4.69) is 4.90 Å². The summed E-state index contributed by atoms with van der Waals surface area (Å²) < 4.78 is 0. The molecule has 0 aromatic heterocycles. The number of amides is 2. The van der Waals surface area contributed by atoms with Crippen molar-refractivity contribution in [1.29, 1.82) is 0 Å². The summed E-state index contributed by atoms with van der Waals surface area (Å²) in [5.74, 6) is 0.829. The van der Waals surface area contributed by atoms with Crippen LogP contribution in [0.5, 0.6) is 0 Å². The van der Waals surface area contributed by atoms with E-state index in [0.717, 1.165) is 43.9 Å². The topological polar surface area (TPSA) is 43.9 Å². The Morgan fingerprint density at radius 3 is 2.12 bits per heavy atom. The van der Waals surface area contributed by atoms with Crippen LogP contribution in [0.15, 0.2) is 29.2 Å². The van der Waals surface area contributed by atoms with Crippen molar-refractivity contribution in [2.75, 3.05) is 51.6 Å². The summed E-state index contributed by atoms with van der Waals surface area (Å²) >= 11 is 7.41. The number of carbonyl (C=O) groups is 2. The third-order valence-electron chi connectivity index (χ3n) is 4.72. The summed E-state index contributed by atoms with van der Waals surface area (Å²) in [5, 5.41) is 0.704. The molecule has 1 aromatic rings. The van der Waals surface area contributed by atoms with Crippen LogP contribution in [-0.4, -0.2) is 78.1 Å². The maximum atomic E-state index is 12.4. The van der Waals surface area contributed by atoms with Gasteiger partial charge in [0.05, 0.1) is 12.3 Å². The first-order chi connectivity index (χ1) is 12.1. The van der Waals surface area contributed by atoms with Crippen LogP contribution in [0.1, 0.15) is 12.8 Å². The van der Waals surface area contributed by atoms with Crippen molar-refractivity contribution < 1.29 is 9.59 Å². The zero-order chi connectivity index (χ0) is 17.6. The highest BCUT2D eigenvalue weighted by Crippen LogP contribution is 2.21. The molecule has 2 saturated heterocycles. The highest BCUT2D eigenvalue weighted by Gasteiger charge is 2.25. The summed E-state index contributed by atoms with van der Waals surface area (Å²) in [4.78, 5) is 31.6. The lowest BCUT2D eigenvalue weighted by Crippen LogP contribution is -2.51. The lowest BCUT2D eigenvalue weighted by Gasteiger charge is -2.35. The van der Waals surface area contributed by atoms with Crippen molar-refractivity contribution >= 4 is 35.2 Å². The Morgan fingerprint density at radius 1 is 0.880 bits per heavy atom. The maximum absolute atomic E-state index is 12.4. The molecule has 1 aromatic carbocycles. The molecule has 2 aliphatic rings. The van der Waals surface area contributed by atoms with Crippen LogP contribution in [0.3, 0.4) is 0 Å². The highest BCUT2D eigenvalue weighted by atomic mass is 35.5. The smallest absolute Gasteiger partial charge is 0.236 e. The Bertz CT molecular complexity index is 597. The molecule has 0 unspecified atom stereocenters. The molecule has 25 heavy (non-hydrogen) atoms. The molecule has 136 valence electrons. The number of hydrogen-bond acceptors (Lipinski definition) is 4. The fourth-order valence-electron chi connectivity index (χ4n) is 3.18. The number of nitrogens with zero attached hydrogens (tertiary/aromatic N) is 3. The molecule has 5 nitrogen and oxygen atoms in total. The van der Waals surface area contributed by atoms with E-state index in [0.29, 0.717) is 30.4 Å². The van der Waals surface area contributed by atoms with Gasteiger partial charge in [-0.25, -0.2) is 0 Å². The molecule has 7 heteroatoms. The molecule has 0 N–H and O–H groups in total. The molecule has 2 aliphatic heterocycles. The van der Waals surface area contributed by atoms with Gasteiger partial charge in [-0.3, -0.25) is 14.5 Å². The fourth-order valence-corrected chi connectivity index (χ4v) is 4.11. The average molecular weight is 382 g/mol. The Morgan fingerprint density at radius 2 is 1.48 bits per heavy atom. The van der Waals surface area contributed by atoms with Crippen molar-refractivity contribution in [1.82, 2.24) is 14.7 Å². The van der Waals surface area contributed by atoms with E-state index in [1.165, 1.54) is 11.8 Å². The zero-order valence-electron chi connectivity index (χ0n) is 14.3. The van der Waals surface area contributed by atoms with E-state index in [-0.39, 0.29) is 11.8 Å². The first kappa shape index (κ1) is 18.5. The van der Waals surface area contributed by atoms with Gasteiger partial charge in [-0.05, 0) is 37.1 Å². The lowest BCUT2D eigenvalue weighted by atomic mass is 10.3. The van der Waals surface area contributed by atoms with E-state index in [1.54, 1.807) is 0 Å². The van der Waals surface area contributed by atoms with Crippen LogP contribution >= 0.6 is 23.4 Å². The van der Waals surface area contributed by atoms with Gasteiger partial charge in [0.2, 0.25) is 11.8 Å². The summed E-state index contributed by atoms with van der Waals surface area (Å²) in [6.45, 7) is 5.24. The molecule has 0 aliphatic carbocycles. The van der Waals surface area contributed by atoms with Gasteiger partial charge in [0.15, 0.2) is 0 Å². The van der Waals surface area contributed by atoms with E-state index in [1.807, 2.05) is 34.1 Å². The number of likely N-dealkylation sites (tertiary alicyclic amines) is 1. The second-order valence-corrected chi connectivity index (χ2v) is 7.97. The Balaban J connectivity index is 1.38. The standard InChI is InChI=1S/C18H24ClN3O2S/c19-15-3-5-16(6-4-15)25-14-18(24)22-11-9-20(10-12-22)13-17(23)21-7-1-2-8-21/h3-6H,1-2,7-14H2. The monoisotopic (exact) mass is 381 g/mol. The van der Waals surface area contributed by atoms with Crippen molar-refractivity contribution in [3.63, 3.8) is 0 Å². The van der Waals surface area contributed by atoms with Gasteiger partial charge in [0.1, 0.15) is 0 Å². The third kappa shape index (κ3) is 5.36. The number of carbonyl (C=O) groups excluding carboxylic acids is 2. The molecule has 2 fully saturated rings. The minimum atomic E-state index is 0.158. The summed E-state index contributed by atoms with van der Waals surface area (Å²) in [7, 11) is 0. The van der Waals surface area contributed by atoms with Crippen LogP contribution in [0.4, 0.5) is 0 Å². The van der Waals surface area contributed by atoms with Crippen molar-refractivity contribution in [3.05, 3.63) is 29.3 Å². The second kappa shape index (κ2) is 8.92. The lowest BCUT2D eigenvalue weighted by molar-refractivity contribution is -0.133. The molecule has 3 rings (SSSR count). The molecule has 0 saturated carbocycles. The Hall–Kier alpha value is -1.24. The minimum Gasteiger partial charge on any atom is -0.342 e. The van der Waals surface area contributed by atoms with E-state index < -0.39 is 0 Å². The van der Waals surface area contributed by atoms with Crippen molar-refractivity contribution in [3.8, 4) is 0 Å².